The summed E-state index contributed by atoms with van der Waals surface area (Å²) in [5.74, 6) is 1.93. The predicted molar refractivity (Wildman–Crippen MR) is 80.6 cm³/mol. The fourth-order valence-electron chi connectivity index (χ4n) is 3.15. The number of rotatable bonds is 4. The van der Waals surface area contributed by atoms with Crippen LogP contribution in [0.25, 0.3) is 5.65 Å². The van der Waals surface area contributed by atoms with Crippen LogP contribution < -0.4 is 5.32 Å². The Kier molecular flexibility index (Phi) is 4.18. The second-order valence-corrected chi connectivity index (χ2v) is 5.89. The number of hydrogen-bond acceptors (Lipinski definition) is 3. The van der Waals surface area contributed by atoms with Crippen molar-refractivity contribution < 1.29 is 4.79 Å². The number of fused-ring (bicyclic) bond motifs is 1. The summed E-state index contributed by atoms with van der Waals surface area (Å²) in [5, 5.41) is 11.2. The topological polar surface area (TPSA) is 59.3 Å². The highest BCUT2D eigenvalue weighted by atomic mass is 16.1. The standard InChI is InChI=1S/C16H22N4O/c1-2-12-6-8-13(9-7-12)16(21)17-11-15-19-18-14-5-3-4-10-20(14)15/h3-5,10,12-13H,2,6-9,11H2,1H3,(H,17,21). The molecule has 3 rings (SSSR count). The van der Waals surface area contributed by atoms with Crippen molar-refractivity contribution in [3.05, 3.63) is 30.2 Å². The molecule has 1 aliphatic carbocycles. The molecule has 2 aromatic heterocycles. The predicted octanol–water partition coefficient (Wildman–Crippen LogP) is 2.56. The average Bonchev–Trinajstić information content (AvgIpc) is 2.96. The van der Waals surface area contributed by atoms with E-state index in [1.807, 2.05) is 28.8 Å². The smallest absolute Gasteiger partial charge is 0.223 e. The van der Waals surface area contributed by atoms with Gasteiger partial charge in [0.2, 0.25) is 5.91 Å². The number of aromatic nitrogens is 3. The van der Waals surface area contributed by atoms with Gasteiger partial charge in [-0.2, -0.15) is 0 Å². The maximum absolute atomic E-state index is 12.3. The van der Waals surface area contributed by atoms with Gasteiger partial charge in [-0.3, -0.25) is 9.20 Å². The molecule has 0 saturated heterocycles. The second-order valence-electron chi connectivity index (χ2n) is 5.89. The first kappa shape index (κ1) is 14.0. The van der Waals surface area contributed by atoms with Crippen LogP contribution in [0.2, 0.25) is 0 Å². The van der Waals surface area contributed by atoms with E-state index in [1.54, 1.807) is 0 Å². The summed E-state index contributed by atoms with van der Waals surface area (Å²) in [5.41, 5.74) is 0.810. The molecule has 112 valence electrons. The Morgan fingerprint density at radius 3 is 2.86 bits per heavy atom. The van der Waals surface area contributed by atoms with E-state index in [9.17, 15) is 4.79 Å². The molecule has 1 saturated carbocycles. The molecule has 5 heteroatoms. The van der Waals surface area contributed by atoms with Gasteiger partial charge < -0.3 is 5.32 Å². The molecule has 0 aromatic carbocycles. The molecule has 0 atom stereocenters. The molecular formula is C16H22N4O. The van der Waals surface area contributed by atoms with Gasteiger partial charge in [-0.25, -0.2) is 0 Å². The molecule has 2 aromatic rings. The van der Waals surface area contributed by atoms with E-state index in [4.69, 9.17) is 0 Å². The van der Waals surface area contributed by atoms with Gasteiger partial charge in [0.05, 0.1) is 6.54 Å². The summed E-state index contributed by atoms with van der Waals surface area (Å²) >= 11 is 0. The summed E-state index contributed by atoms with van der Waals surface area (Å²) in [6, 6.07) is 5.77. The first-order chi connectivity index (χ1) is 10.3. The van der Waals surface area contributed by atoms with Gasteiger partial charge in [0.15, 0.2) is 11.5 Å². The van der Waals surface area contributed by atoms with Crippen LogP contribution in [0.4, 0.5) is 0 Å². The lowest BCUT2D eigenvalue weighted by Gasteiger charge is -2.26. The maximum Gasteiger partial charge on any atom is 0.223 e. The van der Waals surface area contributed by atoms with Crippen molar-refractivity contribution in [2.24, 2.45) is 11.8 Å². The molecular weight excluding hydrogens is 264 g/mol. The first-order valence-corrected chi connectivity index (χ1v) is 7.84. The Morgan fingerprint density at radius 1 is 1.29 bits per heavy atom. The minimum Gasteiger partial charge on any atom is -0.349 e. The van der Waals surface area contributed by atoms with E-state index in [-0.39, 0.29) is 11.8 Å². The normalized spacial score (nSPS) is 22.3. The van der Waals surface area contributed by atoms with Crippen LogP contribution in [-0.2, 0) is 11.3 Å². The van der Waals surface area contributed by atoms with Gasteiger partial charge in [0.1, 0.15) is 0 Å². The SMILES string of the molecule is CCC1CCC(C(=O)NCc2nnc3ccccn23)CC1. The number of pyridine rings is 1. The number of carbonyl (C=O) groups is 1. The third kappa shape index (κ3) is 3.06. The largest absolute Gasteiger partial charge is 0.349 e. The van der Waals surface area contributed by atoms with Gasteiger partial charge in [-0.05, 0) is 43.7 Å². The Balaban J connectivity index is 1.56. The Labute approximate surface area is 124 Å². The summed E-state index contributed by atoms with van der Waals surface area (Å²) < 4.78 is 1.91. The van der Waals surface area contributed by atoms with Crippen LogP contribution in [0.3, 0.4) is 0 Å². The Morgan fingerprint density at radius 2 is 2.10 bits per heavy atom. The number of nitrogens with one attached hydrogen (secondary N) is 1. The van der Waals surface area contributed by atoms with Crippen LogP contribution in [0.15, 0.2) is 24.4 Å². The monoisotopic (exact) mass is 286 g/mol. The summed E-state index contributed by atoms with van der Waals surface area (Å²) in [6.45, 7) is 2.68. The number of carbonyl (C=O) groups excluding carboxylic acids is 1. The molecule has 1 fully saturated rings. The molecule has 0 bridgehead atoms. The zero-order valence-electron chi connectivity index (χ0n) is 12.5. The highest BCUT2D eigenvalue weighted by molar-refractivity contribution is 5.78. The summed E-state index contributed by atoms with van der Waals surface area (Å²) in [6.07, 6.45) is 7.56. The van der Waals surface area contributed by atoms with Gasteiger partial charge >= 0.3 is 0 Å². The Hall–Kier alpha value is -1.91. The van der Waals surface area contributed by atoms with E-state index in [2.05, 4.69) is 22.4 Å². The summed E-state index contributed by atoms with van der Waals surface area (Å²) in [7, 11) is 0. The third-order valence-corrected chi connectivity index (χ3v) is 4.60. The van der Waals surface area contributed by atoms with Crippen molar-refractivity contribution in [3.63, 3.8) is 0 Å². The molecule has 0 aliphatic heterocycles. The molecule has 5 nitrogen and oxygen atoms in total. The van der Waals surface area contributed by atoms with Crippen molar-refractivity contribution in [2.75, 3.05) is 0 Å². The minimum atomic E-state index is 0.164. The van der Waals surface area contributed by atoms with E-state index in [0.717, 1.165) is 30.2 Å². The lowest BCUT2D eigenvalue weighted by atomic mass is 9.80. The van der Waals surface area contributed by atoms with Crippen LogP contribution >= 0.6 is 0 Å². The van der Waals surface area contributed by atoms with Crippen molar-refractivity contribution in [3.8, 4) is 0 Å². The van der Waals surface area contributed by atoms with E-state index in [1.165, 1.54) is 19.3 Å². The lowest BCUT2D eigenvalue weighted by Crippen LogP contribution is -2.33. The number of nitrogens with zero attached hydrogens (tertiary/aromatic N) is 3. The third-order valence-electron chi connectivity index (χ3n) is 4.60. The first-order valence-electron chi connectivity index (χ1n) is 7.84. The van der Waals surface area contributed by atoms with Gasteiger partial charge in [0.25, 0.3) is 0 Å². The fraction of sp³-hybridized carbons (Fsp3) is 0.562. The van der Waals surface area contributed by atoms with Crippen LogP contribution in [0.1, 0.15) is 44.9 Å². The van der Waals surface area contributed by atoms with Crippen LogP contribution in [0.5, 0.6) is 0 Å². The lowest BCUT2D eigenvalue weighted by molar-refractivity contribution is -0.126. The van der Waals surface area contributed by atoms with Crippen LogP contribution in [0, 0.1) is 11.8 Å². The van der Waals surface area contributed by atoms with Crippen molar-refractivity contribution in [2.45, 2.75) is 45.6 Å². The highest BCUT2D eigenvalue weighted by Gasteiger charge is 2.25. The average molecular weight is 286 g/mol. The minimum absolute atomic E-state index is 0.164. The molecule has 1 aliphatic rings. The highest BCUT2D eigenvalue weighted by Crippen LogP contribution is 2.30. The molecule has 21 heavy (non-hydrogen) atoms. The van der Waals surface area contributed by atoms with Gasteiger partial charge in [-0.1, -0.05) is 19.4 Å². The second kappa shape index (κ2) is 6.24. The molecule has 0 radical (unpaired) electrons. The Bertz CT molecular complexity index is 614. The van der Waals surface area contributed by atoms with Crippen molar-refractivity contribution in [1.29, 1.82) is 0 Å². The van der Waals surface area contributed by atoms with Crippen LogP contribution in [-0.4, -0.2) is 20.5 Å². The van der Waals surface area contributed by atoms with Crippen molar-refractivity contribution >= 4 is 11.6 Å². The molecule has 0 unspecified atom stereocenters. The fourth-order valence-corrected chi connectivity index (χ4v) is 3.15. The van der Waals surface area contributed by atoms with E-state index < -0.39 is 0 Å². The quantitative estimate of drug-likeness (QED) is 0.939. The molecule has 1 N–H and O–H groups in total. The maximum atomic E-state index is 12.3. The van der Waals surface area contributed by atoms with Gasteiger partial charge in [0, 0.05) is 12.1 Å². The zero-order chi connectivity index (χ0) is 14.7. The van der Waals surface area contributed by atoms with E-state index >= 15 is 0 Å². The zero-order valence-corrected chi connectivity index (χ0v) is 12.5. The summed E-state index contributed by atoms with van der Waals surface area (Å²) in [4.78, 5) is 12.3. The molecule has 1 amide bonds. The molecule has 0 spiro atoms. The number of hydrogen-bond donors (Lipinski definition) is 1. The van der Waals surface area contributed by atoms with Gasteiger partial charge in [-0.15, -0.1) is 10.2 Å². The molecule has 2 heterocycles. The number of amides is 1. The van der Waals surface area contributed by atoms with Crippen molar-refractivity contribution in [1.82, 2.24) is 19.9 Å². The van der Waals surface area contributed by atoms with E-state index in [0.29, 0.717) is 6.54 Å².